The number of hydrogen-bond acceptors (Lipinski definition) is 12. The Morgan fingerprint density at radius 1 is 0.635 bits per heavy atom. The van der Waals surface area contributed by atoms with Crippen molar-refractivity contribution < 1.29 is 62.8 Å². The molecular weight excluding hydrogens is 829 g/mol. The number of unbranched alkanes of at least 4 members (excludes halogenated alkanes) is 3. The van der Waals surface area contributed by atoms with E-state index in [0.717, 1.165) is 32.1 Å². The highest BCUT2D eigenvalue weighted by molar-refractivity contribution is 7.47. The first-order valence-electron chi connectivity index (χ1n) is 21.9. The zero-order valence-electron chi connectivity index (χ0n) is 37.2. The zero-order chi connectivity index (χ0) is 46.8. The second-order valence-corrected chi connectivity index (χ2v) is 15.8. The van der Waals surface area contributed by atoms with E-state index >= 15 is 0 Å². The molecule has 14 nitrogen and oxygen atoms in total. The smallest absolute Gasteiger partial charge is 0.472 e. The number of aliphatic carboxylic acids is 1. The first-order chi connectivity index (χ1) is 30.3. The minimum atomic E-state index is -4.83. The van der Waals surface area contributed by atoms with Crippen molar-refractivity contribution in [3.05, 3.63) is 122 Å². The highest BCUT2D eigenvalue weighted by Gasteiger charge is 2.28. The fraction of sp³-hybridized carbons (Fsp3) is 0.521. The van der Waals surface area contributed by atoms with Crippen LogP contribution in [0.25, 0.3) is 0 Å². The molecule has 0 aromatic rings. The Bertz CT molecular complexity index is 1580. The van der Waals surface area contributed by atoms with Crippen LogP contribution in [0.2, 0.25) is 0 Å². The van der Waals surface area contributed by atoms with Crippen molar-refractivity contribution >= 4 is 25.7 Å². The highest BCUT2D eigenvalue weighted by atomic mass is 31.2. The second kappa shape index (κ2) is 40.5. The van der Waals surface area contributed by atoms with Crippen LogP contribution in [0.15, 0.2) is 122 Å². The summed E-state index contributed by atoms with van der Waals surface area (Å²) in [5.74, 6) is -2.88. The average molecular weight is 904 g/mol. The van der Waals surface area contributed by atoms with Gasteiger partial charge in [0.25, 0.3) is 0 Å². The van der Waals surface area contributed by atoms with E-state index in [2.05, 4.69) is 54.0 Å². The molecule has 0 fully saturated rings. The number of carbonyl (C=O) groups is 3. The van der Waals surface area contributed by atoms with Gasteiger partial charge < -0.3 is 40.5 Å². The van der Waals surface area contributed by atoms with Gasteiger partial charge in [-0.2, -0.15) is 0 Å². The Labute approximate surface area is 375 Å². The van der Waals surface area contributed by atoms with E-state index in [-0.39, 0.29) is 25.7 Å². The first kappa shape index (κ1) is 58.8. The number of allylic oxidation sites excluding steroid dienone is 17. The first-order valence-corrected chi connectivity index (χ1v) is 23.4. The molecule has 15 heteroatoms. The van der Waals surface area contributed by atoms with E-state index in [1.54, 1.807) is 42.5 Å². The number of esters is 2. The van der Waals surface area contributed by atoms with Crippen LogP contribution >= 0.6 is 7.82 Å². The minimum Gasteiger partial charge on any atom is -0.480 e. The average Bonchev–Trinajstić information content (AvgIpc) is 3.25. The Balaban J connectivity index is 4.82. The molecule has 0 radical (unpaired) electrons. The third-order valence-corrected chi connectivity index (χ3v) is 9.50. The van der Waals surface area contributed by atoms with Crippen molar-refractivity contribution in [1.29, 1.82) is 0 Å². The Morgan fingerprint density at radius 2 is 1.19 bits per heavy atom. The van der Waals surface area contributed by atoms with E-state index in [1.165, 1.54) is 25.3 Å². The molecule has 0 aliphatic rings. The number of carboxylic acid groups (broad SMARTS) is 1. The van der Waals surface area contributed by atoms with Crippen molar-refractivity contribution in [3.8, 4) is 0 Å². The van der Waals surface area contributed by atoms with E-state index in [1.807, 2.05) is 37.3 Å². The summed E-state index contributed by atoms with van der Waals surface area (Å²) in [5, 5.41) is 39.3. The fourth-order valence-corrected chi connectivity index (χ4v) is 5.75. The number of phosphoric acid groups is 1. The number of rotatable bonds is 38. The van der Waals surface area contributed by atoms with Gasteiger partial charge in [0, 0.05) is 12.8 Å². The standard InChI is InChI=1S/C48H74NO13P/c1-3-5-7-8-9-10-11-12-13-14-15-16-17-18-19-20-21-26-30-36-47(54)62-42(39-60-63(57,58)61-40-43(49)48(55)56)38-59-46(53)37-31-35-45(52)44(51)34-29-25-23-22-24-28-33-41(50)32-27-6-4-2/h6,9-10,12-13,15-16,18-19,21-29,33-34,41-45,50-52H,3-5,7-8,11,14,17,20,30-32,35-40,49H2,1-2H3,(H,55,56)(H,57,58)/b10-9-,13-12-,16-15-,19-18-,24-22+,25-23-,26-21-,27-6-,33-28+,34-29-/t41-,42-,43+,44+,45+/m1/s1. The number of phosphoric ester groups is 1. The van der Waals surface area contributed by atoms with E-state index in [9.17, 15) is 39.2 Å². The lowest BCUT2D eigenvalue weighted by Gasteiger charge is -2.20. The summed E-state index contributed by atoms with van der Waals surface area (Å²) in [5.41, 5.74) is 5.31. The van der Waals surface area contributed by atoms with Gasteiger partial charge in [0.15, 0.2) is 6.10 Å². The van der Waals surface area contributed by atoms with Crippen LogP contribution in [-0.4, -0.2) is 93.5 Å². The molecule has 0 aromatic heterocycles. The molecule has 0 amide bonds. The summed E-state index contributed by atoms with van der Waals surface area (Å²) >= 11 is 0. The molecule has 0 aromatic carbocycles. The van der Waals surface area contributed by atoms with Gasteiger partial charge in [-0.25, -0.2) is 4.57 Å². The number of aliphatic hydroxyl groups is 3. The monoisotopic (exact) mass is 903 g/mol. The molecule has 0 spiro atoms. The SMILES string of the molecule is CC/C=C\C[C@@H](O)/C=C/C=C/C=C\C=C/[C@H](O)[C@@H](O)CCCC(=O)OC[C@H](COP(=O)(O)OC[C@H](N)C(=O)O)OC(=O)CC/C=C\C/C=C\C/C=C\C/C=C\C/C=C\CCCCC. The second-order valence-electron chi connectivity index (χ2n) is 14.3. The van der Waals surface area contributed by atoms with E-state index < -0.39 is 76.0 Å². The van der Waals surface area contributed by atoms with Gasteiger partial charge in [-0.1, -0.05) is 148 Å². The minimum absolute atomic E-state index is 0.0444. The van der Waals surface area contributed by atoms with Gasteiger partial charge in [0.05, 0.1) is 31.5 Å². The van der Waals surface area contributed by atoms with Gasteiger partial charge in [-0.15, -0.1) is 0 Å². The topological polar surface area (TPSA) is 232 Å². The summed E-state index contributed by atoms with van der Waals surface area (Å²) in [7, 11) is -4.83. The number of ether oxygens (including phenoxy) is 2. The van der Waals surface area contributed by atoms with Crippen LogP contribution in [0.1, 0.15) is 110 Å². The summed E-state index contributed by atoms with van der Waals surface area (Å²) in [6.07, 6.45) is 43.7. The van der Waals surface area contributed by atoms with Crippen LogP contribution in [-0.2, 0) is 37.5 Å². The molecule has 63 heavy (non-hydrogen) atoms. The number of carboxylic acids is 1. The lowest BCUT2D eigenvalue weighted by atomic mass is 10.1. The third kappa shape index (κ3) is 39.1. The molecule has 1 unspecified atom stereocenters. The lowest BCUT2D eigenvalue weighted by molar-refractivity contribution is -0.161. The highest BCUT2D eigenvalue weighted by Crippen LogP contribution is 2.43. The Kier molecular flexibility index (Phi) is 37.8. The van der Waals surface area contributed by atoms with Gasteiger partial charge in [0.2, 0.25) is 0 Å². The summed E-state index contributed by atoms with van der Waals surface area (Å²) in [6, 6.07) is -1.59. The summed E-state index contributed by atoms with van der Waals surface area (Å²) in [4.78, 5) is 46.0. The molecule has 6 atom stereocenters. The predicted octanol–water partition coefficient (Wildman–Crippen LogP) is 8.52. The summed E-state index contributed by atoms with van der Waals surface area (Å²) in [6.45, 7) is 2.13. The maximum absolute atomic E-state index is 12.6. The molecule has 0 bridgehead atoms. The predicted molar refractivity (Wildman–Crippen MR) is 248 cm³/mol. The van der Waals surface area contributed by atoms with Crippen molar-refractivity contribution in [1.82, 2.24) is 0 Å². The molecule has 354 valence electrons. The largest absolute Gasteiger partial charge is 0.480 e. The van der Waals surface area contributed by atoms with Gasteiger partial charge in [-0.05, 0) is 70.6 Å². The van der Waals surface area contributed by atoms with Crippen molar-refractivity contribution in [2.24, 2.45) is 5.73 Å². The number of hydrogen-bond donors (Lipinski definition) is 6. The molecule has 0 saturated carbocycles. The number of carbonyl (C=O) groups excluding carboxylic acids is 2. The Morgan fingerprint density at radius 3 is 1.78 bits per heavy atom. The molecule has 0 aliphatic heterocycles. The Hall–Kier alpha value is -4.24. The van der Waals surface area contributed by atoms with Crippen molar-refractivity contribution in [2.45, 2.75) is 141 Å². The van der Waals surface area contributed by atoms with Crippen LogP contribution in [0.4, 0.5) is 0 Å². The molecular formula is C48H74NO13P. The van der Waals surface area contributed by atoms with Crippen LogP contribution in [0.5, 0.6) is 0 Å². The van der Waals surface area contributed by atoms with Crippen LogP contribution < -0.4 is 5.73 Å². The molecule has 0 saturated heterocycles. The fourth-order valence-electron chi connectivity index (χ4n) is 4.97. The van der Waals surface area contributed by atoms with Gasteiger partial charge in [0.1, 0.15) is 12.6 Å². The lowest BCUT2D eigenvalue weighted by Crippen LogP contribution is -2.34. The molecule has 0 aliphatic carbocycles. The number of aliphatic hydroxyl groups excluding tert-OH is 3. The van der Waals surface area contributed by atoms with E-state index in [4.69, 9.17) is 24.8 Å². The third-order valence-electron chi connectivity index (χ3n) is 8.55. The normalized spacial score (nSPS) is 16.3. The maximum Gasteiger partial charge on any atom is 0.472 e. The maximum atomic E-state index is 12.6. The van der Waals surface area contributed by atoms with Crippen molar-refractivity contribution in [3.63, 3.8) is 0 Å². The van der Waals surface area contributed by atoms with E-state index in [0.29, 0.717) is 19.3 Å². The quantitative estimate of drug-likeness (QED) is 0.0112. The molecule has 7 N–H and O–H groups in total. The van der Waals surface area contributed by atoms with Crippen molar-refractivity contribution in [2.75, 3.05) is 19.8 Å². The van der Waals surface area contributed by atoms with Gasteiger partial charge >= 0.3 is 25.7 Å². The summed E-state index contributed by atoms with van der Waals surface area (Å²) < 4.78 is 32.4. The number of nitrogens with two attached hydrogens (primary N) is 1. The molecule has 0 heterocycles. The van der Waals surface area contributed by atoms with Crippen LogP contribution in [0.3, 0.4) is 0 Å². The van der Waals surface area contributed by atoms with Crippen LogP contribution in [0, 0.1) is 0 Å². The molecule has 0 rings (SSSR count). The van der Waals surface area contributed by atoms with Gasteiger partial charge in [-0.3, -0.25) is 23.4 Å². The zero-order valence-corrected chi connectivity index (χ0v) is 38.1.